The van der Waals surface area contributed by atoms with Crippen molar-refractivity contribution in [2.75, 3.05) is 30.7 Å². The van der Waals surface area contributed by atoms with E-state index in [1.807, 2.05) is 0 Å². The average molecular weight is 298 g/mol. The Morgan fingerprint density at radius 3 is 2.70 bits per heavy atom. The molecule has 6 heteroatoms. The Morgan fingerprint density at radius 1 is 1.35 bits per heavy atom. The highest BCUT2D eigenvalue weighted by Crippen LogP contribution is 2.44. The molecule has 110 valence electrons. The number of anilines is 1. The topological polar surface area (TPSA) is 49.4 Å². The van der Waals surface area contributed by atoms with Gasteiger partial charge in [-0.05, 0) is 43.5 Å². The summed E-state index contributed by atoms with van der Waals surface area (Å²) in [6, 6.07) is 4.83. The standard InChI is InChI=1S/C14H19FN2O2S/c1-2-20(18,19)17-7-5-14(6-8-17)10-16-13-4-3-11(15)9-12(13)14/h3-4,9,16H,2,5-8,10H2,1H3. The number of piperidine rings is 1. The fourth-order valence-corrected chi connectivity index (χ4v) is 4.39. The van der Waals surface area contributed by atoms with Gasteiger partial charge in [-0.2, -0.15) is 0 Å². The Labute approximate surface area is 119 Å². The van der Waals surface area contributed by atoms with Gasteiger partial charge >= 0.3 is 0 Å². The van der Waals surface area contributed by atoms with E-state index in [1.54, 1.807) is 23.4 Å². The normalized spacial score (nSPS) is 21.7. The molecule has 1 saturated heterocycles. The van der Waals surface area contributed by atoms with Crippen LogP contribution < -0.4 is 5.32 Å². The molecule has 2 aliphatic rings. The number of rotatable bonds is 2. The third kappa shape index (κ3) is 2.11. The van der Waals surface area contributed by atoms with Crippen molar-refractivity contribution >= 4 is 15.7 Å². The SMILES string of the molecule is CCS(=O)(=O)N1CCC2(CC1)CNc1ccc(F)cc12. The molecule has 0 aliphatic carbocycles. The molecule has 1 aromatic carbocycles. The van der Waals surface area contributed by atoms with Gasteiger partial charge in [0.25, 0.3) is 0 Å². The molecule has 2 aliphatic heterocycles. The van der Waals surface area contributed by atoms with Crippen LogP contribution in [-0.2, 0) is 15.4 Å². The zero-order valence-electron chi connectivity index (χ0n) is 11.5. The zero-order chi connectivity index (χ0) is 14.4. The summed E-state index contributed by atoms with van der Waals surface area (Å²) in [5, 5.41) is 3.32. The Balaban J connectivity index is 1.84. The molecule has 0 atom stereocenters. The number of fused-ring (bicyclic) bond motifs is 2. The monoisotopic (exact) mass is 298 g/mol. The Bertz CT molecular complexity index is 622. The maximum atomic E-state index is 13.5. The van der Waals surface area contributed by atoms with Crippen molar-refractivity contribution in [3.05, 3.63) is 29.6 Å². The number of sulfonamides is 1. The fraction of sp³-hybridized carbons (Fsp3) is 0.571. The summed E-state index contributed by atoms with van der Waals surface area (Å²) < 4.78 is 38.9. The van der Waals surface area contributed by atoms with E-state index in [-0.39, 0.29) is 17.0 Å². The largest absolute Gasteiger partial charge is 0.384 e. The molecule has 1 aromatic rings. The van der Waals surface area contributed by atoms with Crippen LogP contribution in [0.2, 0.25) is 0 Å². The molecule has 0 radical (unpaired) electrons. The first-order valence-corrected chi connectivity index (χ1v) is 8.59. The summed E-state index contributed by atoms with van der Waals surface area (Å²) >= 11 is 0. The number of benzene rings is 1. The second kappa shape index (κ2) is 4.70. The predicted molar refractivity (Wildman–Crippen MR) is 76.8 cm³/mol. The van der Waals surface area contributed by atoms with Crippen LogP contribution in [0.1, 0.15) is 25.3 Å². The first kappa shape index (κ1) is 13.8. The summed E-state index contributed by atoms with van der Waals surface area (Å²) in [7, 11) is -3.11. The number of hydrogen-bond donors (Lipinski definition) is 1. The lowest BCUT2D eigenvalue weighted by Crippen LogP contribution is -2.46. The Kier molecular flexibility index (Phi) is 3.25. The molecule has 3 rings (SSSR count). The molecule has 4 nitrogen and oxygen atoms in total. The van der Waals surface area contributed by atoms with E-state index in [1.165, 1.54) is 6.07 Å². The molecule has 20 heavy (non-hydrogen) atoms. The first-order valence-electron chi connectivity index (χ1n) is 6.99. The minimum absolute atomic E-state index is 0.114. The lowest BCUT2D eigenvalue weighted by molar-refractivity contribution is 0.249. The third-order valence-corrected chi connectivity index (χ3v) is 6.49. The zero-order valence-corrected chi connectivity index (χ0v) is 12.3. The fourth-order valence-electron chi connectivity index (χ4n) is 3.29. The van der Waals surface area contributed by atoms with Gasteiger partial charge in [0.15, 0.2) is 0 Å². The van der Waals surface area contributed by atoms with Crippen molar-refractivity contribution in [3.8, 4) is 0 Å². The summed E-state index contributed by atoms with van der Waals surface area (Å²) in [6.07, 6.45) is 1.49. The highest BCUT2D eigenvalue weighted by Gasteiger charge is 2.43. The van der Waals surface area contributed by atoms with Crippen molar-refractivity contribution in [1.29, 1.82) is 0 Å². The average Bonchev–Trinajstić information content (AvgIpc) is 2.78. The minimum atomic E-state index is -3.11. The van der Waals surface area contributed by atoms with Crippen LogP contribution in [0.3, 0.4) is 0 Å². The van der Waals surface area contributed by atoms with Crippen molar-refractivity contribution in [2.24, 2.45) is 0 Å². The molecule has 0 saturated carbocycles. The Morgan fingerprint density at radius 2 is 2.05 bits per heavy atom. The molecular weight excluding hydrogens is 279 g/mol. The smallest absolute Gasteiger partial charge is 0.213 e. The molecule has 0 amide bonds. The van der Waals surface area contributed by atoms with Gasteiger partial charge in [0.1, 0.15) is 5.82 Å². The van der Waals surface area contributed by atoms with Crippen LogP contribution in [0, 0.1) is 5.82 Å². The Hall–Kier alpha value is -1.14. The summed E-state index contributed by atoms with van der Waals surface area (Å²) in [5.41, 5.74) is 1.88. The van der Waals surface area contributed by atoms with E-state index in [9.17, 15) is 12.8 Å². The van der Waals surface area contributed by atoms with Crippen LogP contribution in [0.5, 0.6) is 0 Å². The number of nitrogens with zero attached hydrogens (tertiary/aromatic N) is 1. The van der Waals surface area contributed by atoms with E-state index < -0.39 is 10.0 Å². The van der Waals surface area contributed by atoms with Gasteiger partial charge < -0.3 is 5.32 Å². The van der Waals surface area contributed by atoms with Crippen molar-refractivity contribution in [1.82, 2.24) is 4.31 Å². The van der Waals surface area contributed by atoms with Gasteiger partial charge in [-0.1, -0.05) is 0 Å². The maximum Gasteiger partial charge on any atom is 0.213 e. The molecule has 0 unspecified atom stereocenters. The second-order valence-electron chi connectivity index (χ2n) is 5.62. The minimum Gasteiger partial charge on any atom is -0.384 e. The van der Waals surface area contributed by atoms with Crippen molar-refractivity contribution in [2.45, 2.75) is 25.2 Å². The van der Waals surface area contributed by atoms with Crippen molar-refractivity contribution < 1.29 is 12.8 Å². The summed E-state index contributed by atoms with van der Waals surface area (Å²) in [5.74, 6) is -0.0841. The first-order chi connectivity index (χ1) is 9.47. The van der Waals surface area contributed by atoms with Crippen LogP contribution in [-0.4, -0.2) is 38.1 Å². The lowest BCUT2D eigenvalue weighted by Gasteiger charge is -2.38. The number of nitrogens with one attached hydrogen (secondary N) is 1. The maximum absolute atomic E-state index is 13.5. The quantitative estimate of drug-likeness (QED) is 0.907. The van der Waals surface area contributed by atoms with Gasteiger partial charge in [0, 0.05) is 30.7 Å². The van der Waals surface area contributed by atoms with Crippen LogP contribution >= 0.6 is 0 Å². The van der Waals surface area contributed by atoms with Crippen LogP contribution in [0.25, 0.3) is 0 Å². The van der Waals surface area contributed by atoms with Gasteiger partial charge in [-0.25, -0.2) is 17.1 Å². The molecule has 2 heterocycles. The van der Waals surface area contributed by atoms with Crippen molar-refractivity contribution in [3.63, 3.8) is 0 Å². The lowest BCUT2D eigenvalue weighted by atomic mass is 9.75. The molecule has 1 fully saturated rings. The van der Waals surface area contributed by atoms with Crippen LogP contribution in [0.4, 0.5) is 10.1 Å². The number of halogens is 1. The van der Waals surface area contributed by atoms with E-state index >= 15 is 0 Å². The number of hydrogen-bond acceptors (Lipinski definition) is 3. The van der Waals surface area contributed by atoms with Crippen LogP contribution in [0.15, 0.2) is 18.2 Å². The highest BCUT2D eigenvalue weighted by atomic mass is 32.2. The summed E-state index contributed by atoms with van der Waals surface area (Å²) in [6.45, 7) is 3.48. The molecule has 1 N–H and O–H groups in total. The third-order valence-electron chi connectivity index (χ3n) is 4.61. The summed E-state index contributed by atoms with van der Waals surface area (Å²) in [4.78, 5) is 0. The van der Waals surface area contributed by atoms with E-state index in [2.05, 4.69) is 5.32 Å². The molecule has 0 bridgehead atoms. The molecule has 0 aromatic heterocycles. The van der Waals surface area contributed by atoms with Gasteiger partial charge in [-0.15, -0.1) is 0 Å². The van der Waals surface area contributed by atoms with Gasteiger partial charge in [0.05, 0.1) is 5.75 Å². The van der Waals surface area contributed by atoms with E-state index in [0.717, 1.165) is 30.6 Å². The van der Waals surface area contributed by atoms with Gasteiger partial charge in [-0.3, -0.25) is 0 Å². The second-order valence-corrected chi connectivity index (χ2v) is 7.88. The molecular formula is C14H19FN2O2S. The van der Waals surface area contributed by atoms with Gasteiger partial charge in [0.2, 0.25) is 10.0 Å². The van der Waals surface area contributed by atoms with E-state index in [0.29, 0.717) is 13.1 Å². The highest BCUT2D eigenvalue weighted by molar-refractivity contribution is 7.89. The predicted octanol–water partition coefficient (Wildman–Crippen LogP) is 1.93. The molecule has 1 spiro atoms. The van der Waals surface area contributed by atoms with E-state index in [4.69, 9.17) is 0 Å².